The highest BCUT2D eigenvalue weighted by molar-refractivity contribution is 6.32. The highest BCUT2D eigenvalue weighted by Crippen LogP contribution is 2.33. The molecule has 7 nitrogen and oxygen atoms in total. The lowest BCUT2D eigenvalue weighted by Crippen LogP contribution is -2.40. The Bertz CT molecular complexity index is 1480. The highest BCUT2D eigenvalue weighted by Gasteiger charge is 2.30. The molecule has 0 saturated heterocycles. The van der Waals surface area contributed by atoms with Gasteiger partial charge in [0.05, 0.1) is 11.2 Å². The van der Waals surface area contributed by atoms with Crippen molar-refractivity contribution >= 4 is 35.7 Å². The minimum Gasteiger partial charge on any atom is -0.341 e. The number of fused-ring (bicyclic) bond motifs is 1. The van der Waals surface area contributed by atoms with Crippen molar-refractivity contribution in [1.82, 2.24) is 13.7 Å². The van der Waals surface area contributed by atoms with E-state index in [4.69, 9.17) is 7.85 Å². The molecule has 5 rings (SSSR count). The topological polar surface area (TPSA) is 78.0 Å². The molecule has 152 valence electrons. The van der Waals surface area contributed by atoms with Gasteiger partial charge in [-0.1, -0.05) is 35.8 Å². The van der Waals surface area contributed by atoms with Crippen molar-refractivity contribution in [2.24, 2.45) is 7.05 Å². The fourth-order valence-corrected chi connectivity index (χ4v) is 3.82. The molecule has 2 radical (unpaired) electrons. The number of aromatic nitrogens is 3. The first-order chi connectivity index (χ1) is 15.0. The third-order valence-electron chi connectivity index (χ3n) is 5.59. The summed E-state index contributed by atoms with van der Waals surface area (Å²) in [5, 5.41) is 3.49. The normalized spacial score (nSPS) is 13.5. The molecule has 0 unspecified atom stereocenters. The van der Waals surface area contributed by atoms with Crippen LogP contribution in [0.2, 0.25) is 0 Å². The second kappa shape index (κ2) is 7.16. The first-order valence-corrected chi connectivity index (χ1v) is 10.0. The summed E-state index contributed by atoms with van der Waals surface area (Å²) in [6.07, 6.45) is 1.55. The quantitative estimate of drug-likeness (QED) is 0.520. The van der Waals surface area contributed by atoms with Crippen molar-refractivity contribution in [1.29, 1.82) is 0 Å². The molecular formula is C23H19BN4O3. The van der Waals surface area contributed by atoms with E-state index < -0.39 is 11.2 Å². The van der Waals surface area contributed by atoms with Crippen molar-refractivity contribution in [2.45, 2.75) is 18.9 Å². The summed E-state index contributed by atoms with van der Waals surface area (Å²) in [7, 11) is 7.42. The predicted molar refractivity (Wildman–Crippen MR) is 122 cm³/mol. The van der Waals surface area contributed by atoms with Crippen LogP contribution in [0.1, 0.15) is 18.9 Å². The third-order valence-corrected chi connectivity index (χ3v) is 5.59. The Morgan fingerprint density at radius 3 is 2.29 bits per heavy atom. The number of pyridine rings is 1. The number of para-hydroxylation sites is 1. The molecule has 31 heavy (non-hydrogen) atoms. The van der Waals surface area contributed by atoms with Gasteiger partial charge in [-0.2, -0.15) is 0 Å². The molecule has 1 aliphatic rings. The maximum Gasteiger partial charge on any atom is 0.336 e. The molecule has 8 heteroatoms. The van der Waals surface area contributed by atoms with Gasteiger partial charge in [0.2, 0.25) is 0 Å². The largest absolute Gasteiger partial charge is 0.341 e. The van der Waals surface area contributed by atoms with Crippen molar-refractivity contribution in [3.8, 4) is 5.69 Å². The molecule has 0 spiro atoms. The molecule has 0 atom stereocenters. The van der Waals surface area contributed by atoms with Crippen molar-refractivity contribution in [3.63, 3.8) is 0 Å². The SMILES string of the molecule is [B]c1ccc(-n2c(=O)n(C3CC3)c(=O)c3c(Nc4ccccc4)n(C)c(=O)cc32)cc1. The Hall–Kier alpha value is -3.81. The number of anilines is 2. The Morgan fingerprint density at radius 2 is 1.65 bits per heavy atom. The molecule has 1 saturated carbocycles. The molecule has 2 aromatic heterocycles. The number of benzene rings is 2. The minimum atomic E-state index is -0.455. The van der Waals surface area contributed by atoms with Gasteiger partial charge in [0.25, 0.3) is 11.1 Å². The van der Waals surface area contributed by atoms with Gasteiger partial charge in [-0.3, -0.25) is 23.3 Å². The van der Waals surface area contributed by atoms with E-state index in [0.717, 1.165) is 18.5 Å². The molecule has 0 bridgehead atoms. The summed E-state index contributed by atoms with van der Waals surface area (Å²) >= 11 is 0. The summed E-state index contributed by atoms with van der Waals surface area (Å²) < 4.78 is 4.12. The minimum absolute atomic E-state index is 0.133. The van der Waals surface area contributed by atoms with E-state index in [9.17, 15) is 14.4 Å². The van der Waals surface area contributed by atoms with E-state index in [1.807, 2.05) is 30.3 Å². The van der Waals surface area contributed by atoms with Gasteiger partial charge in [-0.25, -0.2) is 4.79 Å². The zero-order chi connectivity index (χ0) is 21.7. The van der Waals surface area contributed by atoms with Gasteiger partial charge in [0.1, 0.15) is 19.1 Å². The summed E-state index contributed by atoms with van der Waals surface area (Å²) in [4.78, 5) is 39.7. The lowest BCUT2D eigenvalue weighted by molar-refractivity contribution is 0.644. The van der Waals surface area contributed by atoms with E-state index in [1.54, 1.807) is 31.3 Å². The summed E-state index contributed by atoms with van der Waals surface area (Å²) in [6.45, 7) is 0. The van der Waals surface area contributed by atoms with Crippen molar-refractivity contribution < 1.29 is 0 Å². The van der Waals surface area contributed by atoms with Gasteiger partial charge in [-0.05, 0) is 37.1 Å². The molecule has 1 N–H and O–H groups in total. The number of hydrogen-bond donors (Lipinski definition) is 1. The predicted octanol–water partition coefficient (Wildman–Crippen LogP) is 1.72. The lowest BCUT2D eigenvalue weighted by atomic mass is 9.96. The summed E-state index contributed by atoms with van der Waals surface area (Å²) in [5.41, 5.74) is 0.896. The van der Waals surface area contributed by atoms with Gasteiger partial charge in [0.15, 0.2) is 0 Å². The maximum absolute atomic E-state index is 13.5. The molecule has 0 aliphatic heterocycles. The number of nitrogens with one attached hydrogen (secondary N) is 1. The second-order valence-corrected chi connectivity index (χ2v) is 7.76. The summed E-state index contributed by atoms with van der Waals surface area (Å²) in [6, 6.07) is 17.3. The standard InChI is InChI=1S/C23H19BN4O3/c1-26-19(29)13-18-20(21(26)25-15-5-3-2-4-6-15)22(30)28(17-11-12-17)23(31)27(18)16-9-7-14(24)8-10-16/h2-10,13,17,25H,11-12H2,1H3. The van der Waals surface area contributed by atoms with Gasteiger partial charge >= 0.3 is 5.69 Å². The first kappa shape index (κ1) is 19.2. The Labute approximate surface area is 178 Å². The van der Waals surface area contributed by atoms with Crippen LogP contribution < -0.4 is 27.6 Å². The maximum atomic E-state index is 13.5. The lowest BCUT2D eigenvalue weighted by Gasteiger charge is -2.18. The molecule has 1 fully saturated rings. The molecule has 2 aromatic carbocycles. The van der Waals surface area contributed by atoms with Crippen LogP contribution in [0.15, 0.2) is 75.0 Å². The van der Waals surface area contributed by atoms with E-state index in [0.29, 0.717) is 17.0 Å². The van der Waals surface area contributed by atoms with Crippen LogP contribution in [-0.2, 0) is 7.05 Å². The van der Waals surface area contributed by atoms with Gasteiger partial charge in [0, 0.05) is 24.8 Å². The smallest absolute Gasteiger partial charge is 0.336 e. The van der Waals surface area contributed by atoms with Crippen LogP contribution >= 0.6 is 0 Å². The van der Waals surface area contributed by atoms with Crippen LogP contribution in [0.5, 0.6) is 0 Å². The highest BCUT2D eigenvalue weighted by atomic mass is 16.2. The number of hydrogen-bond acceptors (Lipinski definition) is 4. The van der Waals surface area contributed by atoms with Crippen LogP contribution in [0.25, 0.3) is 16.6 Å². The second-order valence-electron chi connectivity index (χ2n) is 7.76. The fourth-order valence-electron chi connectivity index (χ4n) is 3.82. The Balaban J connectivity index is 1.92. The van der Waals surface area contributed by atoms with Crippen molar-refractivity contribution in [3.05, 3.63) is 91.9 Å². The molecule has 0 amide bonds. The Morgan fingerprint density at radius 1 is 0.968 bits per heavy atom. The first-order valence-electron chi connectivity index (χ1n) is 10.0. The fraction of sp³-hybridized carbons (Fsp3) is 0.174. The summed E-state index contributed by atoms with van der Waals surface area (Å²) in [5.74, 6) is 0.345. The van der Waals surface area contributed by atoms with Crippen LogP contribution in [-0.4, -0.2) is 21.5 Å². The monoisotopic (exact) mass is 410 g/mol. The molecule has 1 aliphatic carbocycles. The zero-order valence-corrected chi connectivity index (χ0v) is 16.9. The average molecular weight is 410 g/mol. The van der Waals surface area contributed by atoms with E-state index in [1.165, 1.54) is 19.8 Å². The number of rotatable bonds is 4. The van der Waals surface area contributed by atoms with Crippen molar-refractivity contribution in [2.75, 3.05) is 5.32 Å². The molecule has 4 aromatic rings. The van der Waals surface area contributed by atoms with Crippen LogP contribution in [0.4, 0.5) is 11.5 Å². The van der Waals surface area contributed by atoms with E-state index >= 15 is 0 Å². The number of nitrogens with zero attached hydrogens (tertiary/aromatic N) is 3. The zero-order valence-electron chi connectivity index (χ0n) is 16.9. The van der Waals surface area contributed by atoms with Crippen LogP contribution in [0.3, 0.4) is 0 Å². The third kappa shape index (κ3) is 3.20. The van der Waals surface area contributed by atoms with E-state index in [-0.39, 0.29) is 22.5 Å². The molecule has 2 heterocycles. The van der Waals surface area contributed by atoms with Crippen LogP contribution in [0, 0.1) is 0 Å². The van der Waals surface area contributed by atoms with E-state index in [2.05, 4.69) is 5.32 Å². The van der Waals surface area contributed by atoms with Gasteiger partial charge in [-0.15, -0.1) is 0 Å². The average Bonchev–Trinajstić information content (AvgIpc) is 3.58. The van der Waals surface area contributed by atoms with Gasteiger partial charge < -0.3 is 5.32 Å². The molecular weight excluding hydrogens is 391 g/mol. The Kier molecular flexibility index (Phi) is 4.43.